The van der Waals surface area contributed by atoms with Gasteiger partial charge in [0.1, 0.15) is 69.5 Å². The molecule has 218 valence electrons. The summed E-state index contributed by atoms with van der Waals surface area (Å²) >= 11 is 0. The van der Waals surface area contributed by atoms with Crippen molar-refractivity contribution in [2.45, 2.75) is 0 Å². The predicted molar refractivity (Wildman–Crippen MR) is 177 cm³/mol. The first kappa shape index (κ1) is 26.7. The molecule has 0 atom stereocenters. The molecule has 7 aromatic rings. The fraction of sp³-hybridized carbons (Fsp3) is 0. The minimum Gasteiger partial charge on any atom is -0.293 e. The number of para-hydroxylation sites is 2. The van der Waals surface area contributed by atoms with E-state index >= 15 is 0 Å². The number of aromatic nitrogens is 6. The van der Waals surface area contributed by atoms with Gasteiger partial charge in [0.05, 0.1) is 22.5 Å². The standard InChI is InChI=1S/C38H16N10/c39-17-21(18-40)27-31-33(29-25-13-7-15-43-37(25)47(35(27)29)23-9-3-1-4-10-23)46-32-28(22(19-41)20-42)36-30(34(32)45-31)26-14-8-16-44-38(26)48(36)24-11-5-2-6-12-24/h1-16H. The summed E-state index contributed by atoms with van der Waals surface area (Å²) in [6.45, 7) is 0. The highest BCUT2D eigenvalue weighted by atomic mass is 15.1. The summed E-state index contributed by atoms with van der Waals surface area (Å²) in [5, 5.41) is 42.6. The van der Waals surface area contributed by atoms with E-state index in [1.165, 1.54) is 0 Å². The highest BCUT2D eigenvalue weighted by molar-refractivity contribution is 6.15. The number of hydrogen-bond acceptors (Lipinski definition) is 8. The minimum atomic E-state index is -0.124. The molecule has 5 aromatic heterocycles. The quantitative estimate of drug-likeness (QED) is 0.193. The summed E-state index contributed by atoms with van der Waals surface area (Å²) in [6.07, 6.45) is 3.38. The van der Waals surface area contributed by atoms with Crippen LogP contribution < -0.4 is 0 Å². The second-order valence-corrected chi connectivity index (χ2v) is 11.1. The third-order valence-electron chi connectivity index (χ3n) is 8.75. The molecule has 2 aliphatic rings. The summed E-state index contributed by atoms with van der Waals surface area (Å²) < 4.78 is 3.85. The normalized spacial score (nSPS) is 12.0. The van der Waals surface area contributed by atoms with E-state index in [9.17, 15) is 21.0 Å². The van der Waals surface area contributed by atoms with Gasteiger partial charge in [-0.15, -0.1) is 0 Å². The van der Waals surface area contributed by atoms with Gasteiger partial charge in [0, 0.05) is 45.7 Å². The molecule has 0 saturated heterocycles. The van der Waals surface area contributed by atoms with Crippen molar-refractivity contribution < 1.29 is 0 Å². The Balaban J connectivity index is 1.47. The lowest BCUT2D eigenvalue weighted by atomic mass is 10.1. The summed E-state index contributed by atoms with van der Waals surface area (Å²) in [7, 11) is 0. The summed E-state index contributed by atoms with van der Waals surface area (Å²) in [5.74, 6) is 0. The number of pyridine rings is 2. The predicted octanol–water partition coefficient (Wildman–Crippen LogP) is 6.81. The lowest BCUT2D eigenvalue weighted by Crippen LogP contribution is -2.04. The fourth-order valence-corrected chi connectivity index (χ4v) is 6.95. The van der Waals surface area contributed by atoms with Crippen molar-refractivity contribution in [2.24, 2.45) is 0 Å². The van der Waals surface area contributed by atoms with Crippen LogP contribution in [0.25, 0.3) is 67.1 Å². The Morgan fingerprint density at radius 2 is 0.875 bits per heavy atom. The maximum atomic E-state index is 10.3. The van der Waals surface area contributed by atoms with Gasteiger partial charge in [-0.1, -0.05) is 36.4 Å². The molecule has 0 N–H and O–H groups in total. The zero-order valence-electron chi connectivity index (χ0n) is 24.7. The Hall–Kier alpha value is -7.66. The van der Waals surface area contributed by atoms with E-state index in [1.807, 2.05) is 94.1 Å². The molecule has 48 heavy (non-hydrogen) atoms. The first-order chi connectivity index (χ1) is 23.7. The zero-order valence-corrected chi connectivity index (χ0v) is 24.7. The number of benzene rings is 2. The largest absolute Gasteiger partial charge is 0.293 e. The van der Waals surface area contributed by atoms with Crippen molar-refractivity contribution in [1.82, 2.24) is 29.1 Å². The van der Waals surface area contributed by atoms with Gasteiger partial charge in [0.2, 0.25) is 0 Å². The monoisotopic (exact) mass is 612 g/mol. The molecule has 0 radical (unpaired) electrons. The minimum absolute atomic E-state index is 0.124. The first-order valence-corrected chi connectivity index (χ1v) is 14.8. The SMILES string of the molecule is N#CC(C#N)=C1c2nc3c(nc2-c2c1n(-c1ccccc1)c1ncccc21)C(=C(C#N)C#N)c1c-3c2cccnc2n1-c1ccccc1. The van der Waals surface area contributed by atoms with Gasteiger partial charge in [-0.2, -0.15) is 21.0 Å². The van der Waals surface area contributed by atoms with Crippen LogP contribution in [0, 0.1) is 45.3 Å². The molecule has 0 spiro atoms. The van der Waals surface area contributed by atoms with E-state index in [0.29, 0.717) is 67.7 Å². The molecular formula is C38H16N10. The zero-order chi connectivity index (χ0) is 32.5. The third-order valence-corrected chi connectivity index (χ3v) is 8.75. The van der Waals surface area contributed by atoms with Crippen LogP contribution in [0.1, 0.15) is 22.8 Å². The van der Waals surface area contributed by atoms with Crippen LogP contribution in [0.4, 0.5) is 0 Å². The van der Waals surface area contributed by atoms with Crippen LogP contribution in [0.5, 0.6) is 0 Å². The van der Waals surface area contributed by atoms with Gasteiger partial charge >= 0.3 is 0 Å². The molecule has 0 bridgehead atoms. The molecular weight excluding hydrogens is 596 g/mol. The van der Waals surface area contributed by atoms with Crippen molar-refractivity contribution in [3.05, 3.63) is 131 Å². The summed E-state index contributed by atoms with van der Waals surface area (Å²) in [6, 6.07) is 35.0. The summed E-state index contributed by atoms with van der Waals surface area (Å²) in [5.41, 5.74) is 7.30. The number of nitrogens with zero attached hydrogens (tertiary/aromatic N) is 10. The van der Waals surface area contributed by atoms with Crippen LogP contribution in [0.2, 0.25) is 0 Å². The number of fused-ring (bicyclic) bond motifs is 10. The van der Waals surface area contributed by atoms with E-state index in [4.69, 9.17) is 19.9 Å². The second-order valence-electron chi connectivity index (χ2n) is 11.1. The van der Waals surface area contributed by atoms with Gasteiger partial charge in [-0.3, -0.25) is 9.13 Å². The number of hydrogen-bond donors (Lipinski definition) is 0. The molecule has 5 heterocycles. The highest BCUT2D eigenvalue weighted by Crippen LogP contribution is 2.55. The van der Waals surface area contributed by atoms with Gasteiger partial charge < -0.3 is 0 Å². The topological polar surface area (TPSA) is 157 Å². The lowest BCUT2D eigenvalue weighted by Gasteiger charge is -2.12. The molecule has 0 amide bonds. The van der Waals surface area contributed by atoms with Gasteiger partial charge in [0.25, 0.3) is 0 Å². The number of allylic oxidation sites excluding steroid dienone is 2. The van der Waals surface area contributed by atoms with Crippen LogP contribution in [-0.2, 0) is 0 Å². The summed E-state index contributed by atoms with van der Waals surface area (Å²) in [4.78, 5) is 19.8. The van der Waals surface area contributed by atoms with Crippen molar-refractivity contribution in [1.29, 1.82) is 21.0 Å². The highest BCUT2D eigenvalue weighted by Gasteiger charge is 2.42. The molecule has 0 unspecified atom stereocenters. The van der Waals surface area contributed by atoms with E-state index in [1.54, 1.807) is 12.4 Å². The van der Waals surface area contributed by atoms with E-state index in [0.717, 1.165) is 22.1 Å². The fourth-order valence-electron chi connectivity index (χ4n) is 6.95. The third kappa shape index (κ3) is 3.35. The molecule has 2 aliphatic carbocycles. The maximum Gasteiger partial charge on any atom is 0.145 e. The van der Waals surface area contributed by atoms with Gasteiger partial charge in [-0.25, -0.2) is 19.9 Å². The van der Waals surface area contributed by atoms with Gasteiger partial charge in [-0.05, 0) is 48.5 Å². The van der Waals surface area contributed by atoms with Crippen molar-refractivity contribution >= 4 is 33.2 Å². The lowest BCUT2D eigenvalue weighted by molar-refractivity contribution is 1.07. The Kier molecular flexibility index (Phi) is 5.52. The van der Waals surface area contributed by atoms with Crippen molar-refractivity contribution in [2.75, 3.05) is 0 Å². The molecule has 0 saturated carbocycles. The van der Waals surface area contributed by atoms with Gasteiger partial charge in [0.15, 0.2) is 0 Å². The number of nitriles is 4. The van der Waals surface area contributed by atoms with Crippen molar-refractivity contribution in [3.8, 4) is 58.2 Å². The first-order valence-electron chi connectivity index (χ1n) is 14.8. The van der Waals surface area contributed by atoms with Crippen LogP contribution in [-0.4, -0.2) is 29.1 Å². The van der Waals surface area contributed by atoms with Crippen LogP contribution in [0.15, 0.2) is 108 Å². The average molecular weight is 613 g/mol. The molecule has 2 aromatic carbocycles. The Bertz CT molecular complexity index is 2580. The van der Waals surface area contributed by atoms with Crippen molar-refractivity contribution in [3.63, 3.8) is 0 Å². The van der Waals surface area contributed by atoms with Crippen LogP contribution in [0.3, 0.4) is 0 Å². The molecule has 10 nitrogen and oxygen atoms in total. The molecule has 9 rings (SSSR count). The molecule has 0 fully saturated rings. The van der Waals surface area contributed by atoms with Crippen LogP contribution >= 0.6 is 0 Å². The smallest absolute Gasteiger partial charge is 0.145 e. The second kappa shape index (κ2) is 9.92. The number of rotatable bonds is 2. The molecule has 0 aliphatic heterocycles. The average Bonchev–Trinajstić information content (AvgIpc) is 3.85. The van der Waals surface area contributed by atoms with E-state index in [2.05, 4.69) is 24.3 Å². The van der Waals surface area contributed by atoms with E-state index in [-0.39, 0.29) is 11.1 Å². The van der Waals surface area contributed by atoms with E-state index < -0.39 is 0 Å². The Morgan fingerprint density at radius 1 is 0.479 bits per heavy atom. The molecule has 10 heteroatoms. The maximum absolute atomic E-state index is 10.3. The Labute approximate surface area is 272 Å². The Morgan fingerprint density at radius 3 is 1.25 bits per heavy atom.